The maximum atomic E-state index is 10.2. The van der Waals surface area contributed by atoms with Crippen LogP contribution in [0.1, 0.15) is 112 Å². The summed E-state index contributed by atoms with van der Waals surface area (Å²) in [4.78, 5) is 0. The van der Waals surface area contributed by atoms with Crippen molar-refractivity contribution in [3.8, 4) is 0 Å². The monoisotopic (exact) mass is 386 g/mol. The second-order valence-electron chi connectivity index (χ2n) is 12.1. The summed E-state index contributed by atoms with van der Waals surface area (Å²) in [6.07, 6.45) is 16.0. The summed E-state index contributed by atoms with van der Waals surface area (Å²) in [7, 11) is 0. The molecule has 0 amide bonds. The van der Waals surface area contributed by atoms with Gasteiger partial charge in [0.2, 0.25) is 0 Å². The first kappa shape index (κ1) is 21.0. The zero-order valence-electron chi connectivity index (χ0n) is 19.4. The van der Waals surface area contributed by atoms with E-state index in [0.717, 1.165) is 42.4 Å². The van der Waals surface area contributed by atoms with Crippen molar-refractivity contribution in [1.29, 1.82) is 0 Å². The van der Waals surface area contributed by atoms with Crippen LogP contribution in [0.2, 0.25) is 0 Å². The lowest BCUT2D eigenvalue weighted by Gasteiger charge is -2.55. The van der Waals surface area contributed by atoms with E-state index in [1.807, 2.05) is 11.1 Å². The third-order valence-corrected chi connectivity index (χ3v) is 10.2. The maximum absolute atomic E-state index is 10.2. The van der Waals surface area contributed by atoms with E-state index >= 15 is 0 Å². The minimum Gasteiger partial charge on any atom is -0.393 e. The average molecular weight is 387 g/mol. The number of aliphatic hydroxyl groups is 1. The molecule has 0 heterocycles. The Kier molecular flexibility index (Phi) is 5.80. The van der Waals surface area contributed by atoms with E-state index in [4.69, 9.17) is 0 Å². The first-order valence-electron chi connectivity index (χ1n) is 12.7. The fourth-order valence-electron chi connectivity index (χ4n) is 8.46. The Hall–Kier alpha value is -0.300. The van der Waals surface area contributed by atoms with Crippen LogP contribution in [0.4, 0.5) is 0 Å². The van der Waals surface area contributed by atoms with E-state index in [0.29, 0.717) is 10.8 Å². The zero-order chi connectivity index (χ0) is 20.1. The molecule has 0 spiro atoms. The first-order chi connectivity index (χ1) is 13.3. The Labute approximate surface area is 174 Å². The van der Waals surface area contributed by atoms with Crippen molar-refractivity contribution in [2.45, 2.75) is 118 Å². The van der Waals surface area contributed by atoms with Crippen LogP contribution in [0, 0.1) is 40.4 Å². The highest BCUT2D eigenvalue weighted by Crippen LogP contribution is 2.66. The highest BCUT2D eigenvalue weighted by Gasteiger charge is 2.55. The Morgan fingerprint density at radius 3 is 2.50 bits per heavy atom. The smallest absolute Gasteiger partial charge is 0.0543 e. The van der Waals surface area contributed by atoms with E-state index < -0.39 is 0 Å². The van der Waals surface area contributed by atoms with Gasteiger partial charge < -0.3 is 5.11 Å². The summed E-state index contributed by atoms with van der Waals surface area (Å²) < 4.78 is 0. The molecule has 4 rings (SSSR count). The van der Waals surface area contributed by atoms with Crippen LogP contribution in [0.5, 0.6) is 0 Å². The third-order valence-electron chi connectivity index (χ3n) is 10.2. The highest BCUT2D eigenvalue weighted by atomic mass is 16.3. The molecule has 2 fully saturated rings. The molecule has 0 aromatic carbocycles. The summed E-state index contributed by atoms with van der Waals surface area (Å²) in [5, 5.41) is 10.2. The van der Waals surface area contributed by atoms with Gasteiger partial charge >= 0.3 is 0 Å². The molecule has 7 atom stereocenters. The standard InChI is InChI=1S/C27H46O/c1-18(2)7-6-8-19(3)23-11-12-24-22-10-9-20-17-21(28)13-15-26(20,4)25(22)14-16-27(23,24)5/h18-21,23-24,28H,6-17H2,1-5H3/t19-,20-,21+,23-,24+,26+,27-/m1/s1. The Morgan fingerprint density at radius 2 is 1.75 bits per heavy atom. The Morgan fingerprint density at radius 1 is 0.964 bits per heavy atom. The summed E-state index contributed by atoms with van der Waals surface area (Å²) in [5.41, 5.74) is 4.77. The molecule has 0 unspecified atom stereocenters. The fourth-order valence-corrected chi connectivity index (χ4v) is 8.46. The largest absolute Gasteiger partial charge is 0.393 e. The van der Waals surface area contributed by atoms with Crippen molar-refractivity contribution in [3.05, 3.63) is 11.1 Å². The van der Waals surface area contributed by atoms with Gasteiger partial charge in [-0.15, -0.1) is 0 Å². The summed E-state index contributed by atoms with van der Waals surface area (Å²) >= 11 is 0. The van der Waals surface area contributed by atoms with Gasteiger partial charge in [0, 0.05) is 0 Å². The number of aliphatic hydroxyl groups excluding tert-OH is 1. The molecule has 28 heavy (non-hydrogen) atoms. The lowest BCUT2D eigenvalue weighted by Crippen LogP contribution is -2.45. The van der Waals surface area contributed by atoms with Crippen LogP contribution >= 0.6 is 0 Å². The van der Waals surface area contributed by atoms with E-state index in [2.05, 4.69) is 34.6 Å². The van der Waals surface area contributed by atoms with Gasteiger partial charge in [-0.1, -0.05) is 65.0 Å². The number of allylic oxidation sites excluding steroid dienone is 2. The predicted molar refractivity (Wildman–Crippen MR) is 119 cm³/mol. The average Bonchev–Trinajstić information content (AvgIpc) is 2.99. The molecule has 1 N–H and O–H groups in total. The molecule has 2 saturated carbocycles. The van der Waals surface area contributed by atoms with Crippen LogP contribution in [-0.4, -0.2) is 11.2 Å². The Bertz CT molecular complexity index is 603. The molecule has 1 heteroatoms. The lowest BCUT2D eigenvalue weighted by atomic mass is 9.50. The Balaban J connectivity index is 1.52. The van der Waals surface area contributed by atoms with E-state index in [1.54, 1.807) is 0 Å². The van der Waals surface area contributed by atoms with Gasteiger partial charge in [0.15, 0.2) is 0 Å². The topological polar surface area (TPSA) is 20.2 Å². The molecule has 4 aliphatic rings. The summed E-state index contributed by atoms with van der Waals surface area (Å²) in [5.74, 6) is 4.31. The van der Waals surface area contributed by atoms with Crippen molar-refractivity contribution in [1.82, 2.24) is 0 Å². The molecule has 0 saturated heterocycles. The van der Waals surface area contributed by atoms with Gasteiger partial charge in [-0.3, -0.25) is 0 Å². The van der Waals surface area contributed by atoms with Crippen molar-refractivity contribution in [2.24, 2.45) is 40.4 Å². The molecule has 0 aromatic heterocycles. The van der Waals surface area contributed by atoms with Gasteiger partial charge in [0.1, 0.15) is 0 Å². The third kappa shape index (κ3) is 3.42. The van der Waals surface area contributed by atoms with Crippen molar-refractivity contribution in [3.63, 3.8) is 0 Å². The second-order valence-corrected chi connectivity index (χ2v) is 12.1. The molecule has 0 bridgehead atoms. The molecule has 4 aliphatic carbocycles. The summed E-state index contributed by atoms with van der Waals surface area (Å²) in [6.45, 7) is 12.6. The van der Waals surface area contributed by atoms with Gasteiger partial charge in [-0.25, -0.2) is 0 Å². The molecular formula is C27H46O. The van der Waals surface area contributed by atoms with E-state index in [1.165, 1.54) is 64.2 Å². The number of hydrogen-bond donors (Lipinski definition) is 1. The maximum Gasteiger partial charge on any atom is 0.0543 e. The molecule has 0 aliphatic heterocycles. The quantitative estimate of drug-likeness (QED) is 0.484. The molecule has 1 nitrogen and oxygen atoms in total. The van der Waals surface area contributed by atoms with Crippen molar-refractivity contribution >= 4 is 0 Å². The van der Waals surface area contributed by atoms with Gasteiger partial charge in [-0.2, -0.15) is 0 Å². The van der Waals surface area contributed by atoms with Crippen molar-refractivity contribution in [2.75, 3.05) is 0 Å². The molecule has 160 valence electrons. The normalized spacial score (nSPS) is 44.2. The minimum atomic E-state index is -0.0309. The molecule has 0 aromatic rings. The number of fused-ring (bicyclic) bond motifs is 4. The van der Waals surface area contributed by atoms with Crippen LogP contribution in [0.3, 0.4) is 0 Å². The van der Waals surface area contributed by atoms with Crippen LogP contribution in [-0.2, 0) is 0 Å². The van der Waals surface area contributed by atoms with Crippen molar-refractivity contribution < 1.29 is 5.11 Å². The van der Waals surface area contributed by atoms with Gasteiger partial charge in [-0.05, 0) is 98.2 Å². The van der Waals surface area contributed by atoms with Crippen LogP contribution < -0.4 is 0 Å². The van der Waals surface area contributed by atoms with Crippen LogP contribution in [0.15, 0.2) is 11.1 Å². The van der Waals surface area contributed by atoms with E-state index in [-0.39, 0.29) is 6.10 Å². The first-order valence-corrected chi connectivity index (χ1v) is 12.7. The molecular weight excluding hydrogens is 340 g/mol. The SMILES string of the molecule is CC(C)CCC[C@@H](C)[C@H]1CC[C@H]2C3=C(CC[C@]12C)[C@@]1(C)CC[C@H](O)C[C@H]1CC3. The number of rotatable bonds is 5. The fraction of sp³-hybridized carbons (Fsp3) is 0.926. The van der Waals surface area contributed by atoms with Crippen LogP contribution in [0.25, 0.3) is 0 Å². The number of hydrogen-bond acceptors (Lipinski definition) is 1. The predicted octanol–water partition coefficient (Wildman–Crippen LogP) is 7.53. The lowest BCUT2D eigenvalue weighted by molar-refractivity contribution is 0.0132. The van der Waals surface area contributed by atoms with E-state index in [9.17, 15) is 5.11 Å². The zero-order valence-corrected chi connectivity index (χ0v) is 19.4. The second kappa shape index (κ2) is 7.75. The van der Waals surface area contributed by atoms with Gasteiger partial charge in [0.05, 0.1) is 6.10 Å². The highest BCUT2D eigenvalue weighted by molar-refractivity contribution is 5.34. The molecule has 0 radical (unpaired) electrons. The van der Waals surface area contributed by atoms with Gasteiger partial charge in [0.25, 0.3) is 0 Å². The summed E-state index contributed by atoms with van der Waals surface area (Å²) in [6, 6.07) is 0. The minimum absolute atomic E-state index is 0.0309.